The molecule has 2 aromatic rings. The first-order valence-corrected chi connectivity index (χ1v) is 8.36. The van der Waals surface area contributed by atoms with E-state index in [1.807, 2.05) is 30.3 Å². The van der Waals surface area contributed by atoms with Crippen LogP contribution >= 0.6 is 0 Å². The Bertz CT molecular complexity index is 885. The molecule has 2 aliphatic rings. The molecule has 1 heterocycles. The minimum absolute atomic E-state index is 0.221. The fourth-order valence-corrected chi connectivity index (χ4v) is 3.57. The summed E-state index contributed by atoms with van der Waals surface area (Å²) >= 11 is 0. The predicted molar refractivity (Wildman–Crippen MR) is 92.3 cm³/mol. The highest BCUT2D eigenvalue weighted by Gasteiger charge is 2.40. The van der Waals surface area contributed by atoms with E-state index < -0.39 is 0 Å². The lowest BCUT2D eigenvalue weighted by Gasteiger charge is -2.43. The van der Waals surface area contributed by atoms with Gasteiger partial charge in [0.15, 0.2) is 0 Å². The fourth-order valence-electron chi connectivity index (χ4n) is 3.57. The molecular weight excluding hydrogens is 316 g/mol. The van der Waals surface area contributed by atoms with Crippen molar-refractivity contribution in [3.8, 4) is 0 Å². The van der Waals surface area contributed by atoms with Crippen LogP contribution in [0.4, 0.5) is 0 Å². The van der Waals surface area contributed by atoms with Crippen molar-refractivity contribution < 1.29 is 14.4 Å². The molecule has 126 valence electrons. The molecule has 1 aliphatic heterocycles. The second kappa shape index (κ2) is 5.55. The molecule has 0 radical (unpaired) electrons. The number of rotatable bonds is 3. The summed E-state index contributed by atoms with van der Waals surface area (Å²) in [4.78, 5) is 37.9. The third-order valence-corrected chi connectivity index (χ3v) is 5.24. The van der Waals surface area contributed by atoms with Gasteiger partial charge in [0.05, 0.1) is 16.7 Å². The monoisotopic (exact) mass is 334 g/mol. The first-order chi connectivity index (χ1) is 12.0. The van der Waals surface area contributed by atoms with E-state index in [1.165, 1.54) is 13.1 Å². The third-order valence-electron chi connectivity index (χ3n) is 5.24. The quantitative estimate of drug-likeness (QED) is 0.878. The summed E-state index contributed by atoms with van der Waals surface area (Å²) in [6.45, 7) is 0. The Morgan fingerprint density at radius 1 is 1.00 bits per heavy atom. The molecule has 0 unspecified atom stereocenters. The molecule has 1 saturated carbocycles. The average Bonchev–Trinajstić information content (AvgIpc) is 2.83. The Morgan fingerprint density at radius 3 is 2.32 bits per heavy atom. The molecule has 0 atom stereocenters. The molecule has 5 nitrogen and oxygen atoms in total. The van der Waals surface area contributed by atoms with Crippen LogP contribution in [-0.2, 0) is 5.54 Å². The highest BCUT2D eigenvalue weighted by atomic mass is 16.2. The van der Waals surface area contributed by atoms with Gasteiger partial charge in [-0.3, -0.25) is 19.3 Å². The molecule has 1 aliphatic carbocycles. The van der Waals surface area contributed by atoms with Crippen molar-refractivity contribution in [1.82, 2.24) is 10.2 Å². The average molecular weight is 334 g/mol. The normalized spacial score (nSPS) is 17.9. The second-order valence-corrected chi connectivity index (χ2v) is 6.69. The van der Waals surface area contributed by atoms with Crippen LogP contribution in [0, 0.1) is 0 Å². The summed E-state index contributed by atoms with van der Waals surface area (Å²) in [5, 5.41) is 3.14. The van der Waals surface area contributed by atoms with Crippen molar-refractivity contribution in [2.75, 3.05) is 7.05 Å². The number of imide groups is 1. The van der Waals surface area contributed by atoms with Crippen LogP contribution in [0.1, 0.15) is 55.9 Å². The predicted octanol–water partition coefficient (Wildman–Crippen LogP) is 2.72. The maximum absolute atomic E-state index is 12.8. The molecule has 25 heavy (non-hydrogen) atoms. The van der Waals surface area contributed by atoms with Crippen molar-refractivity contribution in [2.45, 2.75) is 24.8 Å². The Labute approximate surface area is 145 Å². The van der Waals surface area contributed by atoms with Gasteiger partial charge in [-0.25, -0.2) is 0 Å². The number of nitrogens with one attached hydrogen (secondary N) is 1. The number of carbonyl (C=O) groups is 3. The van der Waals surface area contributed by atoms with E-state index in [-0.39, 0.29) is 23.3 Å². The lowest BCUT2D eigenvalue weighted by molar-refractivity contribution is 0.0692. The molecule has 2 aromatic carbocycles. The van der Waals surface area contributed by atoms with Crippen LogP contribution in [0.3, 0.4) is 0 Å². The van der Waals surface area contributed by atoms with Crippen molar-refractivity contribution in [2.24, 2.45) is 0 Å². The van der Waals surface area contributed by atoms with Crippen LogP contribution < -0.4 is 5.32 Å². The number of nitrogens with zero attached hydrogens (tertiary/aromatic N) is 1. The van der Waals surface area contributed by atoms with Crippen molar-refractivity contribution in [3.05, 3.63) is 70.8 Å². The smallest absolute Gasteiger partial charge is 0.261 e. The number of amides is 3. The summed E-state index contributed by atoms with van der Waals surface area (Å²) in [6, 6.07) is 14.6. The summed E-state index contributed by atoms with van der Waals surface area (Å²) in [6.07, 6.45) is 2.86. The van der Waals surface area contributed by atoms with Crippen molar-refractivity contribution in [1.29, 1.82) is 0 Å². The van der Waals surface area contributed by atoms with Gasteiger partial charge in [0.2, 0.25) is 0 Å². The van der Waals surface area contributed by atoms with Gasteiger partial charge in [0.25, 0.3) is 17.7 Å². The van der Waals surface area contributed by atoms with E-state index in [1.54, 1.807) is 12.1 Å². The molecule has 4 rings (SSSR count). The van der Waals surface area contributed by atoms with Crippen molar-refractivity contribution >= 4 is 17.7 Å². The van der Waals surface area contributed by atoms with E-state index >= 15 is 0 Å². The van der Waals surface area contributed by atoms with E-state index in [0.29, 0.717) is 16.7 Å². The van der Waals surface area contributed by atoms with Gasteiger partial charge in [-0.05, 0) is 43.0 Å². The largest absolute Gasteiger partial charge is 0.343 e. The molecule has 5 heteroatoms. The zero-order valence-corrected chi connectivity index (χ0v) is 13.9. The molecule has 0 saturated heterocycles. The van der Waals surface area contributed by atoms with Crippen LogP contribution in [0.5, 0.6) is 0 Å². The van der Waals surface area contributed by atoms with E-state index in [2.05, 4.69) is 5.32 Å². The molecular formula is C20H18N2O3. The number of fused-ring (bicyclic) bond motifs is 1. The van der Waals surface area contributed by atoms with Crippen LogP contribution in [0.15, 0.2) is 48.5 Å². The fraction of sp³-hybridized carbons (Fsp3) is 0.250. The number of carbonyl (C=O) groups excluding carboxylic acids is 3. The van der Waals surface area contributed by atoms with Gasteiger partial charge in [0.1, 0.15) is 0 Å². The number of hydrogen-bond donors (Lipinski definition) is 1. The Hall–Kier alpha value is -2.95. The first-order valence-electron chi connectivity index (χ1n) is 8.36. The topological polar surface area (TPSA) is 66.5 Å². The summed E-state index contributed by atoms with van der Waals surface area (Å²) < 4.78 is 0. The lowest BCUT2D eigenvalue weighted by Crippen LogP contribution is -2.50. The third kappa shape index (κ3) is 2.35. The summed E-state index contributed by atoms with van der Waals surface area (Å²) in [7, 11) is 1.45. The Kier molecular flexibility index (Phi) is 3.46. The van der Waals surface area contributed by atoms with E-state index in [9.17, 15) is 14.4 Å². The molecule has 3 amide bonds. The minimum atomic E-state index is -0.365. The van der Waals surface area contributed by atoms with Gasteiger partial charge in [0, 0.05) is 12.6 Å². The van der Waals surface area contributed by atoms with Crippen LogP contribution in [0.2, 0.25) is 0 Å². The highest BCUT2D eigenvalue weighted by molar-refractivity contribution is 6.21. The van der Waals surface area contributed by atoms with Gasteiger partial charge < -0.3 is 5.32 Å². The van der Waals surface area contributed by atoms with Gasteiger partial charge in [-0.15, -0.1) is 0 Å². The minimum Gasteiger partial charge on any atom is -0.343 e. The summed E-state index contributed by atoms with van der Waals surface area (Å²) in [5.74, 6) is -0.913. The Morgan fingerprint density at radius 2 is 1.68 bits per heavy atom. The lowest BCUT2D eigenvalue weighted by atomic mass is 9.71. The zero-order chi connectivity index (χ0) is 17.6. The maximum atomic E-state index is 12.8. The van der Waals surface area contributed by atoms with Crippen LogP contribution in [0.25, 0.3) is 0 Å². The van der Waals surface area contributed by atoms with E-state index in [0.717, 1.165) is 29.7 Å². The zero-order valence-electron chi connectivity index (χ0n) is 13.9. The van der Waals surface area contributed by atoms with Gasteiger partial charge >= 0.3 is 0 Å². The van der Waals surface area contributed by atoms with Crippen LogP contribution in [-0.4, -0.2) is 29.7 Å². The van der Waals surface area contributed by atoms with E-state index in [4.69, 9.17) is 0 Å². The van der Waals surface area contributed by atoms with Crippen molar-refractivity contribution in [3.63, 3.8) is 0 Å². The van der Waals surface area contributed by atoms with Gasteiger partial charge in [-0.1, -0.05) is 30.3 Å². The molecule has 1 fully saturated rings. The summed E-state index contributed by atoms with van der Waals surface area (Å²) in [5.41, 5.74) is 1.81. The molecule has 1 N–H and O–H groups in total. The molecule has 0 spiro atoms. The number of benzene rings is 2. The number of hydrogen-bond acceptors (Lipinski definition) is 3. The molecule has 0 bridgehead atoms. The Balaban J connectivity index is 1.62. The standard InChI is InChI=1S/C20H18N2O3/c1-22-18(24)15-9-8-13(12-16(15)19(22)25)17(23)21-20(10-5-11-20)14-6-3-2-4-7-14/h2-4,6-9,12H,5,10-11H2,1H3,(H,21,23). The SMILES string of the molecule is CN1C(=O)c2ccc(C(=O)NC3(c4ccccc4)CCC3)cc2C1=O. The highest BCUT2D eigenvalue weighted by Crippen LogP contribution is 2.41. The molecule has 0 aromatic heterocycles. The second-order valence-electron chi connectivity index (χ2n) is 6.69. The maximum Gasteiger partial charge on any atom is 0.261 e. The van der Waals surface area contributed by atoms with Gasteiger partial charge in [-0.2, -0.15) is 0 Å². The first kappa shape index (κ1) is 15.6.